The summed E-state index contributed by atoms with van der Waals surface area (Å²) in [4.78, 5) is 9.62. The first-order chi connectivity index (χ1) is 14.9. The highest BCUT2D eigenvalue weighted by Crippen LogP contribution is 2.34. The SMILES string of the molecule is CN1C(C2=CCC(O)=CC=C2)=N/C(=C/C(=C\N)C2OC(C)(C)O2)CC1N1CCOCC1. The number of amidine groups is 1. The molecule has 0 bridgehead atoms. The van der Waals surface area contributed by atoms with Crippen LogP contribution in [0.25, 0.3) is 0 Å². The van der Waals surface area contributed by atoms with Crippen LogP contribution in [-0.4, -0.2) is 72.3 Å². The minimum absolute atomic E-state index is 0.139. The van der Waals surface area contributed by atoms with E-state index in [1.54, 1.807) is 6.08 Å². The lowest BCUT2D eigenvalue weighted by Crippen LogP contribution is -2.54. The van der Waals surface area contributed by atoms with Gasteiger partial charge in [0, 0.05) is 56.0 Å². The van der Waals surface area contributed by atoms with E-state index in [-0.39, 0.29) is 6.17 Å². The zero-order valence-corrected chi connectivity index (χ0v) is 18.5. The van der Waals surface area contributed by atoms with Crippen LogP contribution in [0, 0.1) is 0 Å². The van der Waals surface area contributed by atoms with Crippen LogP contribution in [0.4, 0.5) is 0 Å². The molecular formula is C23H32N4O4. The van der Waals surface area contributed by atoms with Gasteiger partial charge in [0.25, 0.3) is 0 Å². The van der Waals surface area contributed by atoms with Crippen molar-refractivity contribution in [1.82, 2.24) is 9.80 Å². The summed E-state index contributed by atoms with van der Waals surface area (Å²) in [6.07, 6.45) is 11.9. The Bertz CT molecular complexity index is 870. The van der Waals surface area contributed by atoms with E-state index in [2.05, 4.69) is 16.8 Å². The van der Waals surface area contributed by atoms with Crippen LogP contribution in [0.3, 0.4) is 0 Å². The topological polar surface area (TPSA) is 92.8 Å². The average molecular weight is 429 g/mol. The summed E-state index contributed by atoms with van der Waals surface area (Å²) in [6, 6.07) is 0. The molecule has 1 atom stereocenters. The number of likely N-dealkylation sites (N-methyl/N-ethyl adjacent to an activating group) is 1. The maximum atomic E-state index is 9.90. The standard InChI is InChI=1S/C23H32N4O4/c1-23(2)30-22(31-23)17(15-24)13-18-14-20(27-9-11-29-12-10-27)26(3)21(25-18)16-5-4-6-19(28)8-7-16/h4-7,13,15,20,22,28H,8-12,14,24H2,1-3H3/b17-15+,18-13+. The Morgan fingerprint density at radius 1 is 1.29 bits per heavy atom. The summed E-state index contributed by atoms with van der Waals surface area (Å²) in [5.74, 6) is 0.599. The van der Waals surface area contributed by atoms with Gasteiger partial charge in [-0.1, -0.05) is 18.2 Å². The van der Waals surface area contributed by atoms with Crippen molar-refractivity contribution < 1.29 is 19.3 Å². The van der Waals surface area contributed by atoms with Crippen LogP contribution in [-0.2, 0) is 14.2 Å². The van der Waals surface area contributed by atoms with Crippen molar-refractivity contribution in [2.24, 2.45) is 10.7 Å². The molecule has 0 spiro atoms. The van der Waals surface area contributed by atoms with Gasteiger partial charge in [-0.3, -0.25) is 4.90 Å². The predicted molar refractivity (Wildman–Crippen MR) is 119 cm³/mol. The first-order valence-electron chi connectivity index (χ1n) is 10.7. The minimum Gasteiger partial charge on any atom is -0.512 e. The summed E-state index contributed by atoms with van der Waals surface area (Å²) >= 11 is 0. The molecule has 8 heteroatoms. The largest absolute Gasteiger partial charge is 0.512 e. The number of aliphatic hydroxyl groups is 1. The van der Waals surface area contributed by atoms with Gasteiger partial charge in [-0.15, -0.1) is 0 Å². The van der Waals surface area contributed by atoms with Crippen molar-refractivity contribution in [3.8, 4) is 0 Å². The Labute approximate surface area is 183 Å². The van der Waals surface area contributed by atoms with Gasteiger partial charge < -0.3 is 30.0 Å². The number of aliphatic hydroxyl groups excluding tert-OH is 1. The van der Waals surface area contributed by atoms with E-state index < -0.39 is 12.1 Å². The fourth-order valence-corrected chi connectivity index (χ4v) is 4.16. The molecule has 0 aromatic heterocycles. The third-order valence-corrected chi connectivity index (χ3v) is 5.82. The second-order valence-electron chi connectivity index (χ2n) is 8.53. The normalized spacial score (nSPS) is 29.2. The molecular weight excluding hydrogens is 396 g/mol. The predicted octanol–water partition coefficient (Wildman–Crippen LogP) is 2.54. The smallest absolute Gasteiger partial charge is 0.191 e. The number of rotatable bonds is 4. The van der Waals surface area contributed by atoms with Crippen LogP contribution in [0.1, 0.15) is 26.7 Å². The molecule has 0 saturated carbocycles. The van der Waals surface area contributed by atoms with E-state index in [1.807, 2.05) is 38.2 Å². The molecule has 0 aromatic carbocycles. The van der Waals surface area contributed by atoms with Crippen molar-refractivity contribution in [2.75, 3.05) is 33.4 Å². The Hall–Kier alpha value is -2.39. The molecule has 8 nitrogen and oxygen atoms in total. The molecule has 1 aliphatic carbocycles. The molecule has 1 unspecified atom stereocenters. The van der Waals surface area contributed by atoms with Crippen LogP contribution in [0.15, 0.2) is 64.2 Å². The molecule has 168 valence electrons. The maximum absolute atomic E-state index is 9.90. The van der Waals surface area contributed by atoms with Crippen LogP contribution >= 0.6 is 0 Å². The quantitative estimate of drug-likeness (QED) is 0.711. The zero-order chi connectivity index (χ0) is 22.0. The molecule has 3 heterocycles. The van der Waals surface area contributed by atoms with Crippen LogP contribution in [0.5, 0.6) is 0 Å². The molecule has 4 rings (SSSR count). The van der Waals surface area contributed by atoms with E-state index >= 15 is 0 Å². The first-order valence-corrected chi connectivity index (χ1v) is 10.7. The number of nitrogens with zero attached hydrogens (tertiary/aromatic N) is 3. The molecule has 4 aliphatic rings. The third kappa shape index (κ3) is 4.93. The highest BCUT2D eigenvalue weighted by atomic mass is 16.9. The Morgan fingerprint density at radius 3 is 2.71 bits per heavy atom. The highest BCUT2D eigenvalue weighted by molar-refractivity contribution is 6.02. The monoisotopic (exact) mass is 428 g/mol. The highest BCUT2D eigenvalue weighted by Gasteiger charge is 2.40. The maximum Gasteiger partial charge on any atom is 0.191 e. The molecule has 0 amide bonds. The lowest BCUT2D eigenvalue weighted by atomic mass is 10.0. The molecule has 2 fully saturated rings. The van der Waals surface area contributed by atoms with Gasteiger partial charge in [0.1, 0.15) is 5.84 Å². The van der Waals surface area contributed by atoms with E-state index in [4.69, 9.17) is 24.9 Å². The summed E-state index contributed by atoms with van der Waals surface area (Å²) in [6.45, 7) is 6.94. The van der Waals surface area contributed by atoms with E-state index in [9.17, 15) is 5.11 Å². The van der Waals surface area contributed by atoms with E-state index in [0.717, 1.165) is 55.4 Å². The summed E-state index contributed by atoms with van der Waals surface area (Å²) < 4.78 is 17.2. The van der Waals surface area contributed by atoms with Crippen LogP contribution < -0.4 is 5.73 Å². The van der Waals surface area contributed by atoms with Crippen molar-refractivity contribution in [2.45, 2.75) is 44.9 Å². The first kappa shape index (κ1) is 21.8. The lowest BCUT2D eigenvalue weighted by Gasteiger charge is -2.44. The Kier molecular flexibility index (Phi) is 6.34. The number of allylic oxidation sites excluding steroid dienone is 3. The molecule has 0 radical (unpaired) electrons. The minimum atomic E-state index is -0.597. The van der Waals surface area contributed by atoms with Gasteiger partial charge in [0.15, 0.2) is 12.1 Å². The van der Waals surface area contributed by atoms with Gasteiger partial charge in [-0.2, -0.15) is 0 Å². The van der Waals surface area contributed by atoms with Gasteiger partial charge in [0.05, 0.1) is 25.1 Å². The molecule has 2 saturated heterocycles. The van der Waals surface area contributed by atoms with Crippen LogP contribution in [0.2, 0.25) is 0 Å². The second-order valence-corrected chi connectivity index (χ2v) is 8.53. The zero-order valence-electron chi connectivity index (χ0n) is 18.5. The van der Waals surface area contributed by atoms with E-state index in [1.165, 1.54) is 6.20 Å². The fraction of sp³-hybridized carbons (Fsp3) is 0.522. The van der Waals surface area contributed by atoms with Crippen molar-refractivity contribution >= 4 is 5.84 Å². The number of morpholine rings is 1. The number of nitrogens with two attached hydrogens (primary N) is 1. The van der Waals surface area contributed by atoms with Crippen molar-refractivity contribution in [3.63, 3.8) is 0 Å². The molecule has 3 N–H and O–H groups in total. The molecule has 0 aromatic rings. The van der Waals surface area contributed by atoms with Gasteiger partial charge in [-0.25, -0.2) is 4.99 Å². The molecule has 3 aliphatic heterocycles. The third-order valence-electron chi connectivity index (χ3n) is 5.82. The van der Waals surface area contributed by atoms with Gasteiger partial charge in [-0.05, 0) is 26.0 Å². The fourth-order valence-electron chi connectivity index (χ4n) is 4.16. The van der Waals surface area contributed by atoms with Gasteiger partial charge >= 0.3 is 0 Å². The van der Waals surface area contributed by atoms with E-state index in [0.29, 0.717) is 12.2 Å². The number of hydrogen-bond donors (Lipinski definition) is 2. The summed E-state index contributed by atoms with van der Waals surface area (Å²) in [5, 5.41) is 9.90. The number of aliphatic imine (C=N–C) groups is 1. The van der Waals surface area contributed by atoms with Crippen molar-refractivity contribution in [3.05, 3.63) is 59.2 Å². The number of ether oxygens (including phenoxy) is 3. The average Bonchev–Trinajstić information content (AvgIpc) is 2.96. The van der Waals surface area contributed by atoms with Crippen molar-refractivity contribution in [1.29, 1.82) is 0 Å². The summed E-state index contributed by atoms with van der Waals surface area (Å²) in [5.41, 5.74) is 8.54. The lowest BCUT2D eigenvalue weighted by molar-refractivity contribution is -0.420. The summed E-state index contributed by atoms with van der Waals surface area (Å²) in [7, 11) is 2.07. The second kappa shape index (κ2) is 9.00. The van der Waals surface area contributed by atoms with Gasteiger partial charge in [0.2, 0.25) is 0 Å². The molecule has 31 heavy (non-hydrogen) atoms. The Morgan fingerprint density at radius 2 is 2.03 bits per heavy atom. The Balaban J connectivity index is 1.65. The number of hydrogen-bond acceptors (Lipinski definition) is 8.